The maximum Gasteiger partial charge on any atom is 0.255 e. The molecule has 0 bridgehead atoms. The van der Waals surface area contributed by atoms with Crippen molar-refractivity contribution in [2.24, 2.45) is 5.10 Å². The van der Waals surface area contributed by atoms with Crippen molar-refractivity contribution in [1.82, 2.24) is 10.3 Å². The smallest absolute Gasteiger partial charge is 0.255 e. The van der Waals surface area contributed by atoms with Crippen LogP contribution >= 0.6 is 11.8 Å². The molecular formula is C18H18N4OS. The first kappa shape index (κ1) is 15.1. The van der Waals surface area contributed by atoms with Crippen LogP contribution in [0.15, 0.2) is 53.6 Å². The molecule has 5 nitrogen and oxygen atoms in total. The second-order valence-corrected chi connectivity index (χ2v) is 6.67. The lowest BCUT2D eigenvalue weighted by Crippen LogP contribution is -2.50. The molecule has 2 aromatic rings. The summed E-state index contributed by atoms with van der Waals surface area (Å²) in [6, 6.07) is 15.7. The molecule has 2 heterocycles. The fraction of sp³-hybridized carbons (Fsp3) is 0.222. The minimum absolute atomic E-state index is 0.0399. The highest BCUT2D eigenvalue weighted by Crippen LogP contribution is 2.42. The lowest BCUT2D eigenvalue weighted by molar-refractivity contribution is -0.127. The Morgan fingerprint density at radius 3 is 2.54 bits per heavy atom. The molecule has 2 N–H and O–H groups in total. The van der Waals surface area contributed by atoms with E-state index < -0.39 is 6.04 Å². The van der Waals surface area contributed by atoms with Gasteiger partial charge >= 0.3 is 0 Å². The molecular weight excluding hydrogens is 320 g/mol. The number of carbonyl (C=O) groups excluding carboxylic acids is 1. The van der Waals surface area contributed by atoms with Gasteiger partial charge in [0.05, 0.1) is 0 Å². The van der Waals surface area contributed by atoms with Crippen molar-refractivity contribution >= 4 is 28.5 Å². The van der Waals surface area contributed by atoms with Gasteiger partial charge in [0.15, 0.2) is 11.2 Å². The van der Waals surface area contributed by atoms with Crippen LogP contribution in [-0.4, -0.2) is 22.3 Å². The monoisotopic (exact) mass is 338 g/mol. The third-order valence-corrected chi connectivity index (χ3v) is 5.01. The van der Waals surface area contributed by atoms with E-state index in [1.54, 1.807) is 0 Å². The quantitative estimate of drug-likeness (QED) is 0.838. The summed E-state index contributed by atoms with van der Waals surface area (Å²) in [7, 11) is 0. The third kappa shape index (κ3) is 2.34. The van der Waals surface area contributed by atoms with E-state index >= 15 is 0 Å². The number of amides is 1. The predicted molar refractivity (Wildman–Crippen MR) is 97.7 cm³/mol. The van der Waals surface area contributed by atoms with Crippen molar-refractivity contribution in [3.05, 3.63) is 65.2 Å². The average molecular weight is 338 g/mol. The van der Waals surface area contributed by atoms with Gasteiger partial charge in [0.25, 0.3) is 5.91 Å². The Hall–Kier alpha value is -2.47. The van der Waals surface area contributed by atoms with E-state index in [1.807, 2.05) is 47.7 Å². The zero-order chi connectivity index (χ0) is 16.7. The van der Waals surface area contributed by atoms with Crippen LogP contribution in [0.4, 0.5) is 5.69 Å². The first-order valence-corrected chi connectivity index (χ1v) is 9.04. The number of para-hydroxylation sites is 1. The van der Waals surface area contributed by atoms with Gasteiger partial charge in [-0.3, -0.25) is 9.80 Å². The number of fused-ring (bicyclic) bond motifs is 3. The van der Waals surface area contributed by atoms with E-state index in [9.17, 15) is 4.79 Å². The molecule has 2 atom stereocenters. The molecule has 6 heteroatoms. The number of hydrogen-bond donors (Lipinski definition) is 2. The van der Waals surface area contributed by atoms with E-state index in [0.717, 1.165) is 16.8 Å². The molecule has 4 rings (SSSR count). The summed E-state index contributed by atoms with van der Waals surface area (Å²) in [5, 5.41) is 13.6. The van der Waals surface area contributed by atoms with Crippen molar-refractivity contribution < 1.29 is 4.79 Å². The maximum atomic E-state index is 12.7. The highest BCUT2D eigenvalue weighted by Gasteiger charge is 2.42. The van der Waals surface area contributed by atoms with Crippen molar-refractivity contribution in [2.75, 3.05) is 11.6 Å². The molecule has 2 unspecified atom stereocenters. The minimum atomic E-state index is -0.428. The number of aryl methyl sites for hydroxylation is 1. The number of carbonyl (C=O) groups is 1. The van der Waals surface area contributed by atoms with Gasteiger partial charge in [-0.2, -0.15) is 0 Å². The van der Waals surface area contributed by atoms with Crippen LogP contribution in [0.3, 0.4) is 0 Å². The van der Waals surface area contributed by atoms with Crippen LogP contribution in [0.5, 0.6) is 0 Å². The largest absolute Gasteiger partial charge is 0.360 e. The van der Waals surface area contributed by atoms with Crippen LogP contribution < -0.4 is 10.6 Å². The number of rotatable bonds is 1. The molecule has 0 aromatic heterocycles. The highest BCUT2D eigenvalue weighted by atomic mass is 32.2. The number of hydrazone groups is 1. The average Bonchev–Trinajstić information content (AvgIpc) is 2.61. The Bertz CT molecular complexity index is 835. The summed E-state index contributed by atoms with van der Waals surface area (Å²) in [5.41, 5.74) is 4.21. The zero-order valence-electron chi connectivity index (χ0n) is 13.5. The minimum Gasteiger partial charge on any atom is -0.360 e. The summed E-state index contributed by atoms with van der Waals surface area (Å²) in [6.45, 7) is 2.08. The molecule has 0 saturated carbocycles. The second-order valence-electron chi connectivity index (χ2n) is 5.87. The number of hydrogen-bond acceptors (Lipinski definition) is 5. The summed E-state index contributed by atoms with van der Waals surface area (Å²) in [4.78, 5) is 12.7. The fourth-order valence-electron chi connectivity index (χ4n) is 3.26. The number of amidine groups is 1. The van der Waals surface area contributed by atoms with Crippen LogP contribution in [0, 0.1) is 6.92 Å². The summed E-state index contributed by atoms with van der Waals surface area (Å²) < 4.78 is 0. The molecule has 0 aliphatic carbocycles. The van der Waals surface area contributed by atoms with Crippen LogP contribution in [-0.2, 0) is 4.79 Å². The number of nitrogens with zero attached hydrogens (tertiary/aromatic N) is 2. The Labute approximate surface area is 145 Å². The normalized spacial score (nSPS) is 22.0. The van der Waals surface area contributed by atoms with Gasteiger partial charge in [0.1, 0.15) is 6.17 Å². The highest BCUT2D eigenvalue weighted by molar-refractivity contribution is 8.13. The Morgan fingerprint density at radius 2 is 1.79 bits per heavy atom. The molecule has 122 valence electrons. The third-order valence-electron chi connectivity index (χ3n) is 4.44. The van der Waals surface area contributed by atoms with Crippen molar-refractivity contribution in [3.63, 3.8) is 0 Å². The topological polar surface area (TPSA) is 56.7 Å². The lowest BCUT2D eigenvalue weighted by atomic mass is 9.96. The van der Waals surface area contributed by atoms with Crippen molar-refractivity contribution in [2.45, 2.75) is 19.1 Å². The molecule has 0 radical (unpaired) electrons. The van der Waals surface area contributed by atoms with Crippen LogP contribution in [0.2, 0.25) is 0 Å². The SMILES string of the molecule is CSC1=NN2C(c3ccccc3C)Nc3ccccc3C2C(=O)N1. The van der Waals surface area contributed by atoms with Gasteiger partial charge in [-0.15, -0.1) is 5.10 Å². The number of nitrogens with one attached hydrogen (secondary N) is 2. The Kier molecular flexibility index (Phi) is 3.69. The van der Waals surface area contributed by atoms with Gasteiger partial charge < -0.3 is 10.6 Å². The molecule has 2 aliphatic heterocycles. The summed E-state index contributed by atoms with van der Waals surface area (Å²) in [5.74, 6) is -0.0399. The second kappa shape index (κ2) is 5.87. The van der Waals surface area contributed by atoms with E-state index in [2.05, 4.69) is 34.8 Å². The summed E-state index contributed by atoms with van der Waals surface area (Å²) >= 11 is 1.44. The van der Waals surface area contributed by atoms with Gasteiger partial charge in [-0.05, 0) is 30.4 Å². The maximum absolute atomic E-state index is 12.7. The van der Waals surface area contributed by atoms with E-state index in [4.69, 9.17) is 0 Å². The first-order valence-electron chi connectivity index (χ1n) is 7.82. The number of thioether (sulfide) groups is 1. The van der Waals surface area contributed by atoms with Crippen LogP contribution in [0.1, 0.15) is 28.9 Å². The Morgan fingerprint density at radius 1 is 1.08 bits per heavy atom. The molecule has 0 saturated heterocycles. The van der Waals surface area contributed by atoms with Crippen LogP contribution in [0.25, 0.3) is 0 Å². The zero-order valence-corrected chi connectivity index (χ0v) is 14.3. The lowest BCUT2D eigenvalue weighted by Gasteiger charge is -2.44. The fourth-order valence-corrected chi connectivity index (χ4v) is 3.64. The van der Waals surface area contributed by atoms with Gasteiger partial charge in [-0.1, -0.05) is 54.2 Å². The van der Waals surface area contributed by atoms with E-state index in [0.29, 0.717) is 5.17 Å². The predicted octanol–water partition coefficient (Wildman–Crippen LogP) is 3.23. The molecule has 0 fully saturated rings. The van der Waals surface area contributed by atoms with E-state index in [1.165, 1.54) is 17.3 Å². The summed E-state index contributed by atoms with van der Waals surface area (Å²) in [6.07, 6.45) is 1.73. The van der Waals surface area contributed by atoms with Crippen molar-refractivity contribution in [3.8, 4) is 0 Å². The first-order chi connectivity index (χ1) is 11.7. The molecule has 2 aliphatic rings. The van der Waals surface area contributed by atoms with Crippen molar-refractivity contribution in [1.29, 1.82) is 0 Å². The Balaban J connectivity index is 1.89. The number of anilines is 1. The molecule has 1 amide bonds. The van der Waals surface area contributed by atoms with Gasteiger partial charge in [0, 0.05) is 11.3 Å². The standard InChI is InChI=1S/C18H18N4OS/c1-11-7-3-4-8-12(11)16-19-14-10-6-5-9-13(14)15-17(23)20-18(24-2)21-22(15)16/h3-10,15-16,19H,1-2H3,(H,20,21,23). The van der Waals surface area contributed by atoms with Gasteiger partial charge in [-0.25, -0.2) is 0 Å². The molecule has 0 spiro atoms. The van der Waals surface area contributed by atoms with E-state index in [-0.39, 0.29) is 12.1 Å². The molecule has 24 heavy (non-hydrogen) atoms. The van der Waals surface area contributed by atoms with Gasteiger partial charge in [0.2, 0.25) is 0 Å². The number of benzene rings is 2. The molecule has 2 aromatic carbocycles.